The molecule has 0 saturated heterocycles. The largest absolute Gasteiger partial charge is 0.495 e. The highest BCUT2D eigenvalue weighted by Gasteiger charge is 2.24. The lowest BCUT2D eigenvalue weighted by molar-refractivity contribution is -0.00118. The average Bonchev–Trinajstić information content (AvgIpc) is 3.12. The second kappa shape index (κ2) is 7.83. The standard InChI is InChI=1S/C20H17Cl2N3O3/c1-27-18-7-6-14(8-16(18)22)23-20(26)17-9-15-11-28-19(10-25(15)24-17)12-2-4-13(21)5-3-12/h2-9,19H,10-11H2,1H3,(H,23,26). The second-order valence-electron chi connectivity index (χ2n) is 6.36. The van der Waals surface area contributed by atoms with E-state index in [-0.39, 0.29) is 12.0 Å². The number of fused-ring (bicyclic) bond motifs is 1. The number of aromatic nitrogens is 2. The average molecular weight is 418 g/mol. The van der Waals surface area contributed by atoms with Crippen molar-refractivity contribution >= 4 is 34.8 Å². The summed E-state index contributed by atoms with van der Waals surface area (Å²) in [5, 5.41) is 8.33. The lowest BCUT2D eigenvalue weighted by atomic mass is 10.1. The molecule has 0 bridgehead atoms. The molecule has 2 aromatic carbocycles. The van der Waals surface area contributed by atoms with Crippen LogP contribution in [0.1, 0.15) is 27.8 Å². The Labute approximate surface area is 172 Å². The zero-order valence-corrected chi connectivity index (χ0v) is 16.5. The van der Waals surface area contributed by atoms with Crippen LogP contribution in [0.15, 0.2) is 48.5 Å². The van der Waals surface area contributed by atoms with Crippen LogP contribution >= 0.6 is 23.2 Å². The fourth-order valence-electron chi connectivity index (χ4n) is 3.05. The lowest BCUT2D eigenvalue weighted by Crippen LogP contribution is -2.22. The van der Waals surface area contributed by atoms with Crippen LogP contribution in [0.5, 0.6) is 5.75 Å². The third-order valence-electron chi connectivity index (χ3n) is 4.52. The van der Waals surface area contributed by atoms with Crippen molar-refractivity contribution in [1.29, 1.82) is 0 Å². The quantitative estimate of drug-likeness (QED) is 0.666. The highest BCUT2D eigenvalue weighted by atomic mass is 35.5. The van der Waals surface area contributed by atoms with Gasteiger partial charge in [-0.25, -0.2) is 0 Å². The van der Waals surface area contributed by atoms with E-state index in [2.05, 4.69) is 10.4 Å². The fourth-order valence-corrected chi connectivity index (χ4v) is 3.44. The first kappa shape index (κ1) is 18.8. The minimum Gasteiger partial charge on any atom is -0.495 e. The molecule has 0 radical (unpaired) electrons. The number of halogens is 2. The Bertz CT molecular complexity index is 1020. The molecule has 2 heterocycles. The van der Waals surface area contributed by atoms with Gasteiger partial charge in [-0.3, -0.25) is 9.48 Å². The first-order valence-electron chi connectivity index (χ1n) is 8.62. The van der Waals surface area contributed by atoms with Crippen LogP contribution in [-0.4, -0.2) is 22.8 Å². The molecule has 1 unspecified atom stereocenters. The summed E-state index contributed by atoms with van der Waals surface area (Å²) in [5.74, 6) is 0.230. The monoisotopic (exact) mass is 417 g/mol. The normalized spacial score (nSPS) is 15.8. The number of carbonyl (C=O) groups is 1. The summed E-state index contributed by atoms with van der Waals surface area (Å²) in [6.45, 7) is 0.903. The summed E-state index contributed by atoms with van der Waals surface area (Å²) in [5.41, 5.74) is 2.76. The van der Waals surface area contributed by atoms with Gasteiger partial charge in [0.05, 0.1) is 31.0 Å². The second-order valence-corrected chi connectivity index (χ2v) is 7.20. The molecule has 4 rings (SSSR count). The zero-order chi connectivity index (χ0) is 19.7. The van der Waals surface area contributed by atoms with Crippen molar-refractivity contribution in [3.05, 3.63) is 75.5 Å². The van der Waals surface area contributed by atoms with E-state index >= 15 is 0 Å². The van der Waals surface area contributed by atoms with Crippen molar-refractivity contribution in [2.24, 2.45) is 0 Å². The Morgan fingerprint density at radius 1 is 1.21 bits per heavy atom. The van der Waals surface area contributed by atoms with Crippen LogP contribution in [-0.2, 0) is 17.9 Å². The predicted octanol–water partition coefficient (Wildman–Crippen LogP) is 4.72. The van der Waals surface area contributed by atoms with Crippen LogP contribution < -0.4 is 10.1 Å². The van der Waals surface area contributed by atoms with Crippen LogP contribution in [0.4, 0.5) is 5.69 Å². The maximum Gasteiger partial charge on any atom is 0.276 e. The molecule has 1 atom stereocenters. The van der Waals surface area contributed by atoms with Crippen LogP contribution in [0, 0.1) is 0 Å². The number of anilines is 1. The van der Waals surface area contributed by atoms with E-state index in [9.17, 15) is 4.79 Å². The van der Waals surface area contributed by atoms with Crippen molar-refractivity contribution in [2.75, 3.05) is 12.4 Å². The smallest absolute Gasteiger partial charge is 0.276 e. The van der Waals surface area contributed by atoms with E-state index in [0.29, 0.717) is 40.3 Å². The van der Waals surface area contributed by atoms with E-state index in [1.807, 2.05) is 24.3 Å². The Hall–Kier alpha value is -2.54. The molecular formula is C20H17Cl2N3O3. The summed E-state index contributed by atoms with van der Waals surface area (Å²) in [6.07, 6.45) is -0.138. The summed E-state index contributed by atoms with van der Waals surface area (Å²) in [6, 6.07) is 14.3. The van der Waals surface area contributed by atoms with Crippen molar-refractivity contribution in [1.82, 2.24) is 9.78 Å². The van der Waals surface area contributed by atoms with Gasteiger partial charge >= 0.3 is 0 Å². The third kappa shape index (κ3) is 3.85. The molecule has 1 aliphatic heterocycles. The maximum absolute atomic E-state index is 12.6. The lowest BCUT2D eigenvalue weighted by Gasteiger charge is -2.24. The molecule has 28 heavy (non-hydrogen) atoms. The molecule has 1 amide bonds. The molecule has 0 saturated carbocycles. The molecule has 3 aromatic rings. The number of methoxy groups -OCH3 is 1. The molecule has 144 valence electrons. The Balaban J connectivity index is 1.48. The van der Waals surface area contributed by atoms with Crippen molar-refractivity contribution in [3.63, 3.8) is 0 Å². The SMILES string of the molecule is COc1ccc(NC(=O)c2cc3n(n2)CC(c2ccc(Cl)cc2)OC3)cc1Cl. The van der Waals surface area contributed by atoms with E-state index in [1.54, 1.807) is 28.9 Å². The van der Waals surface area contributed by atoms with Crippen LogP contribution in [0.3, 0.4) is 0 Å². The molecule has 8 heteroatoms. The van der Waals surface area contributed by atoms with Gasteiger partial charge in [0.15, 0.2) is 5.69 Å². The maximum atomic E-state index is 12.6. The molecular weight excluding hydrogens is 401 g/mol. The Morgan fingerprint density at radius 3 is 2.71 bits per heavy atom. The number of benzene rings is 2. The van der Waals surface area contributed by atoms with Gasteiger partial charge in [-0.15, -0.1) is 0 Å². The van der Waals surface area contributed by atoms with E-state index in [0.717, 1.165) is 11.3 Å². The Morgan fingerprint density at radius 2 is 2.00 bits per heavy atom. The molecule has 6 nitrogen and oxygen atoms in total. The van der Waals surface area contributed by atoms with Crippen LogP contribution in [0.2, 0.25) is 10.0 Å². The molecule has 0 fully saturated rings. The number of nitrogens with one attached hydrogen (secondary N) is 1. The van der Waals surface area contributed by atoms with Gasteiger partial charge in [-0.2, -0.15) is 5.10 Å². The first-order valence-corrected chi connectivity index (χ1v) is 9.38. The van der Waals surface area contributed by atoms with Gasteiger partial charge in [-0.05, 0) is 42.0 Å². The van der Waals surface area contributed by atoms with E-state index in [4.69, 9.17) is 32.7 Å². The highest BCUT2D eigenvalue weighted by Crippen LogP contribution is 2.29. The fraction of sp³-hybridized carbons (Fsp3) is 0.200. The van der Waals surface area contributed by atoms with E-state index < -0.39 is 0 Å². The molecule has 0 spiro atoms. The molecule has 1 N–H and O–H groups in total. The third-order valence-corrected chi connectivity index (χ3v) is 5.07. The van der Waals surface area contributed by atoms with Crippen molar-refractivity contribution in [2.45, 2.75) is 19.3 Å². The number of hydrogen-bond donors (Lipinski definition) is 1. The summed E-state index contributed by atoms with van der Waals surface area (Å²) < 4.78 is 12.8. The van der Waals surface area contributed by atoms with Gasteiger partial charge in [0.2, 0.25) is 0 Å². The molecule has 0 aliphatic carbocycles. The predicted molar refractivity (Wildman–Crippen MR) is 107 cm³/mol. The zero-order valence-electron chi connectivity index (χ0n) is 15.0. The number of nitrogens with zero attached hydrogens (tertiary/aromatic N) is 2. The molecule has 1 aromatic heterocycles. The van der Waals surface area contributed by atoms with Gasteiger partial charge in [-0.1, -0.05) is 35.3 Å². The van der Waals surface area contributed by atoms with Gasteiger partial charge < -0.3 is 14.8 Å². The summed E-state index contributed by atoms with van der Waals surface area (Å²) in [7, 11) is 1.54. The van der Waals surface area contributed by atoms with Gasteiger partial charge in [0.25, 0.3) is 5.91 Å². The minimum absolute atomic E-state index is 0.138. The van der Waals surface area contributed by atoms with E-state index in [1.165, 1.54) is 7.11 Å². The van der Waals surface area contributed by atoms with Crippen molar-refractivity contribution in [3.8, 4) is 5.75 Å². The highest BCUT2D eigenvalue weighted by molar-refractivity contribution is 6.32. The number of amides is 1. The first-order chi connectivity index (χ1) is 13.5. The van der Waals surface area contributed by atoms with Gasteiger partial charge in [0, 0.05) is 10.7 Å². The summed E-state index contributed by atoms with van der Waals surface area (Å²) >= 11 is 12.0. The molecule has 1 aliphatic rings. The number of hydrogen-bond acceptors (Lipinski definition) is 4. The number of carbonyl (C=O) groups excluding carboxylic acids is 1. The Kier molecular flexibility index (Phi) is 5.26. The topological polar surface area (TPSA) is 65.4 Å². The number of ether oxygens (including phenoxy) is 2. The van der Waals surface area contributed by atoms with Gasteiger partial charge in [0.1, 0.15) is 11.9 Å². The van der Waals surface area contributed by atoms with Crippen molar-refractivity contribution < 1.29 is 14.3 Å². The van der Waals surface area contributed by atoms with Crippen LogP contribution in [0.25, 0.3) is 0 Å². The summed E-state index contributed by atoms with van der Waals surface area (Å²) in [4.78, 5) is 12.6. The number of rotatable bonds is 4. The minimum atomic E-state index is -0.314.